The summed E-state index contributed by atoms with van der Waals surface area (Å²) in [6.07, 6.45) is 0. The van der Waals surface area contributed by atoms with E-state index in [-0.39, 0.29) is 5.04 Å². The molecule has 0 saturated carbocycles. The lowest BCUT2D eigenvalue weighted by Crippen LogP contribution is -2.41. The van der Waals surface area contributed by atoms with Crippen molar-refractivity contribution in [2.45, 2.75) is 45.4 Å². The summed E-state index contributed by atoms with van der Waals surface area (Å²) in [5.41, 5.74) is 1.23. The van der Waals surface area contributed by atoms with Crippen LogP contribution in [0.1, 0.15) is 26.3 Å². The summed E-state index contributed by atoms with van der Waals surface area (Å²) in [4.78, 5) is 0. The molecule has 1 aromatic rings. The predicted octanol–water partition coefficient (Wildman–Crippen LogP) is 3.81. The zero-order chi connectivity index (χ0) is 15.2. The molecule has 0 unspecified atom stereocenters. The van der Waals surface area contributed by atoms with E-state index in [2.05, 4.69) is 51.3 Å². The second-order valence-electron chi connectivity index (χ2n) is 6.63. The van der Waals surface area contributed by atoms with Crippen LogP contribution in [0.25, 0.3) is 0 Å². The van der Waals surface area contributed by atoms with Gasteiger partial charge in [0.15, 0.2) is 8.32 Å². The lowest BCUT2D eigenvalue weighted by atomic mass is 10.2. The van der Waals surface area contributed by atoms with E-state index in [1.165, 1.54) is 5.56 Å². The first-order valence-electron chi connectivity index (χ1n) is 7.26. The molecule has 1 aromatic carbocycles. The van der Waals surface area contributed by atoms with Crippen LogP contribution in [0.3, 0.4) is 0 Å². The zero-order valence-electron chi connectivity index (χ0n) is 13.7. The molecule has 0 radical (unpaired) electrons. The number of hydrogen-bond acceptors (Lipinski definition) is 3. The Kier molecular flexibility index (Phi) is 6.24. The number of benzene rings is 1. The van der Waals surface area contributed by atoms with Crippen molar-refractivity contribution in [1.29, 1.82) is 0 Å². The lowest BCUT2D eigenvalue weighted by Gasteiger charge is -2.36. The quantitative estimate of drug-likeness (QED) is 0.613. The molecular formula is C16H29NO2Si. The van der Waals surface area contributed by atoms with Crippen molar-refractivity contribution in [3.8, 4) is 5.75 Å². The topological polar surface area (TPSA) is 30.5 Å². The van der Waals surface area contributed by atoms with Crippen molar-refractivity contribution in [3.63, 3.8) is 0 Å². The Morgan fingerprint density at radius 3 is 2.45 bits per heavy atom. The normalized spacial score (nSPS) is 12.5. The van der Waals surface area contributed by atoms with Gasteiger partial charge in [0.1, 0.15) is 12.4 Å². The van der Waals surface area contributed by atoms with Gasteiger partial charge >= 0.3 is 0 Å². The summed E-state index contributed by atoms with van der Waals surface area (Å²) in [5.74, 6) is 0.914. The van der Waals surface area contributed by atoms with Crippen LogP contribution in [0.15, 0.2) is 24.3 Å². The molecule has 0 aromatic heterocycles. The molecule has 3 nitrogen and oxygen atoms in total. The molecule has 0 spiro atoms. The highest BCUT2D eigenvalue weighted by Crippen LogP contribution is 2.36. The highest BCUT2D eigenvalue weighted by Gasteiger charge is 2.36. The molecule has 114 valence electrons. The third-order valence-electron chi connectivity index (χ3n) is 3.90. The molecule has 1 N–H and O–H groups in total. The second-order valence-corrected chi connectivity index (χ2v) is 11.4. The van der Waals surface area contributed by atoms with Gasteiger partial charge in [-0.3, -0.25) is 0 Å². The van der Waals surface area contributed by atoms with E-state index in [4.69, 9.17) is 9.16 Å². The average molecular weight is 295 g/mol. The minimum absolute atomic E-state index is 0.250. The van der Waals surface area contributed by atoms with Crippen LogP contribution in [0.2, 0.25) is 18.1 Å². The first-order chi connectivity index (χ1) is 9.26. The van der Waals surface area contributed by atoms with E-state index in [1.807, 2.05) is 19.2 Å². The van der Waals surface area contributed by atoms with Gasteiger partial charge in [0.25, 0.3) is 0 Å². The average Bonchev–Trinajstić information content (AvgIpc) is 2.34. The van der Waals surface area contributed by atoms with Gasteiger partial charge in [-0.1, -0.05) is 32.9 Å². The fraction of sp³-hybridized carbons (Fsp3) is 0.625. The predicted molar refractivity (Wildman–Crippen MR) is 87.8 cm³/mol. The molecule has 20 heavy (non-hydrogen) atoms. The third kappa shape index (κ3) is 5.27. The number of nitrogens with one attached hydrogen (secondary N) is 1. The molecule has 0 fully saturated rings. The molecule has 0 atom stereocenters. The fourth-order valence-electron chi connectivity index (χ4n) is 1.62. The molecule has 0 amide bonds. The highest BCUT2D eigenvalue weighted by molar-refractivity contribution is 6.74. The van der Waals surface area contributed by atoms with Gasteiger partial charge in [-0.25, -0.2) is 0 Å². The maximum atomic E-state index is 6.09. The Morgan fingerprint density at radius 2 is 1.85 bits per heavy atom. The van der Waals surface area contributed by atoms with Crippen LogP contribution in [0, 0.1) is 0 Å². The first-order valence-corrected chi connectivity index (χ1v) is 10.2. The van der Waals surface area contributed by atoms with Gasteiger partial charge < -0.3 is 14.5 Å². The molecule has 0 aliphatic rings. The molecule has 0 saturated heterocycles. The van der Waals surface area contributed by atoms with Crippen molar-refractivity contribution in [3.05, 3.63) is 29.8 Å². The number of rotatable bonds is 7. The number of ether oxygens (including phenoxy) is 1. The standard InChI is InChI=1S/C16H29NO2Si/c1-16(2,3)20(5,6)19-11-10-18-15-9-7-8-14(12-15)13-17-4/h7-9,12,17H,10-11,13H2,1-6H3. The van der Waals surface area contributed by atoms with Crippen molar-refractivity contribution < 1.29 is 9.16 Å². The van der Waals surface area contributed by atoms with Crippen LogP contribution in [0.4, 0.5) is 0 Å². The van der Waals surface area contributed by atoms with E-state index < -0.39 is 8.32 Å². The maximum Gasteiger partial charge on any atom is 0.192 e. The maximum absolute atomic E-state index is 6.09. The summed E-state index contributed by atoms with van der Waals surface area (Å²) < 4.78 is 11.9. The monoisotopic (exact) mass is 295 g/mol. The molecule has 0 heterocycles. The van der Waals surface area contributed by atoms with Gasteiger partial charge in [0.2, 0.25) is 0 Å². The fourth-order valence-corrected chi connectivity index (χ4v) is 2.65. The zero-order valence-corrected chi connectivity index (χ0v) is 14.7. The van der Waals surface area contributed by atoms with Gasteiger partial charge in [0, 0.05) is 6.54 Å². The van der Waals surface area contributed by atoms with Crippen molar-refractivity contribution >= 4 is 8.32 Å². The Bertz CT molecular complexity index is 413. The van der Waals surface area contributed by atoms with Crippen molar-refractivity contribution in [2.24, 2.45) is 0 Å². The Labute approximate surface area is 124 Å². The Hall–Kier alpha value is -0.843. The minimum atomic E-state index is -1.66. The first kappa shape index (κ1) is 17.2. The summed E-state index contributed by atoms with van der Waals surface area (Å²) in [7, 11) is 0.288. The van der Waals surface area contributed by atoms with Gasteiger partial charge in [-0.2, -0.15) is 0 Å². The summed E-state index contributed by atoms with van der Waals surface area (Å²) in [6.45, 7) is 13.4. The van der Waals surface area contributed by atoms with Crippen LogP contribution in [0.5, 0.6) is 5.75 Å². The van der Waals surface area contributed by atoms with Gasteiger partial charge in [-0.15, -0.1) is 0 Å². The van der Waals surface area contributed by atoms with Gasteiger partial charge in [0.05, 0.1) is 6.61 Å². The largest absolute Gasteiger partial charge is 0.491 e. The highest BCUT2D eigenvalue weighted by atomic mass is 28.4. The molecule has 1 rings (SSSR count). The van der Waals surface area contributed by atoms with E-state index in [0.29, 0.717) is 13.2 Å². The van der Waals surface area contributed by atoms with Gasteiger partial charge in [-0.05, 0) is 42.9 Å². The molecule has 0 aliphatic carbocycles. The SMILES string of the molecule is CNCc1cccc(OCCO[Si](C)(C)C(C)(C)C)c1. The van der Waals surface area contributed by atoms with E-state index in [9.17, 15) is 0 Å². The molecule has 0 bridgehead atoms. The molecule has 0 aliphatic heterocycles. The minimum Gasteiger partial charge on any atom is -0.491 e. The summed E-state index contributed by atoms with van der Waals surface area (Å²) >= 11 is 0. The van der Waals surface area contributed by atoms with E-state index in [1.54, 1.807) is 0 Å². The van der Waals surface area contributed by atoms with Crippen LogP contribution >= 0.6 is 0 Å². The summed E-state index contributed by atoms with van der Waals surface area (Å²) in [5, 5.41) is 3.39. The smallest absolute Gasteiger partial charge is 0.192 e. The molecule has 4 heteroatoms. The van der Waals surface area contributed by atoms with Crippen molar-refractivity contribution in [2.75, 3.05) is 20.3 Å². The van der Waals surface area contributed by atoms with Crippen LogP contribution < -0.4 is 10.1 Å². The third-order valence-corrected chi connectivity index (χ3v) is 8.44. The number of hydrogen-bond donors (Lipinski definition) is 1. The van der Waals surface area contributed by atoms with E-state index in [0.717, 1.165) is 12.3 Å². The van der Waals surface area contributed by atoms with Crippen molar-refractivity contribution in [1.82, 2.24) is 5.32 Å². The Balaban J connectivity index is 2.40. The summed E-state index contributed by atoms with van der Waals surface area (Å²) in [6, 6.07) is 8.18. The molecular weight excluding hydrogens is 266 g/mol. The lowest BCUT2D eigenvalue weighted by molar-refractivity contribution is 0.203. The van der Waals surface area contributed by atoms with Crippen LogP contribution in [-0.4, -0.2) is 28.6 Å². The Morgan fingerprint density at radius 1 is 1.15 bits per heavy atom. The second kappa shape index (κ2) is 7.25. The van der Waals surface area contributed by atoms with Crippen LogP contribution in [-0.2, 0) is 11.0 Å². The van der Waals surface area contributed by atoms with E-state index >= 15 is 0 Å².